The molecule has 1 aromatic heterocycles. The molecule has 7 heteroatoms. The van der Waals surface area contributed by atoms with E-state index in [1.807, 2.05) is 12.1 Å². The zero-order valence-electron chi connectivity index (χ0n) is 15.4. The first-order valence-electron chi connectivity index (χ1n) is 8.75. The van der Waals surface area contributed by atoms with Crippen LogP contribution in [0, 0.1) is 0 Å². The minimum atomic E-state index is -0.522. The fourth-order valence-electron chi connectivity index (χ4n) is 3.24. The van der Waals surface area contributed by atoms with Gasteiger partial charge in [-0.1, -0.05) is 12.8 Å². The van der Waals surface area contributed by atoms with E-state index in [2.05, 4.69) is 5.32 Å². The molecule has 1 aliphatic rings. The molecule has 1 fully saturated rings. The van der Waals surface area contributed by atoms with Gasteiger partial charge < -0.3 is 19.2 Å². The van der Waals surface area contributed by atoms with E-state index in [0.29, 0.717) is 23.9 Å². The van der Waals surface area contributed by atoms with Crippen LogP contribution in [0.4, 0.5) is 0 Å². The lowest BCUT2D eigenvalue weighted by atomic mass is 10.0. The van der Waals surface area contributed by atoms with Crippen molar-refractivity contribution in [2.75, 3.05) is 14.2 Å². The lowest BCUT2D eigenvalue weighted by Crippen LogP contribution is -2.24. The summed E-state index contributed by atoms with van der Waals surface area (Å²) in [7, 11) is 2.60. The molecule has 0 atom stereocenters. The highest BCUT2D eigenvalue weighted by Gasteiger charge is 2.17. The summed E-state index contributed by atoms with van der Waals surface area (Å²) >= 11 is 0. The predicted octanol–water partition coefficient (Wildman–Crippen LogP) is 3.97. The van der Waals surface area contributed by atoms with Crippen molar-refractivity contribution >= 4 is 24.3 Å². The smallest absolute Gasteiger partial charge is 0.337 e. The Labute approximate surface area is 164 Å². The average Bonchev–Trinajstić information content (AvgIpc) is 3.36. The molecule has 146 valence electrons. The van der Waals surface area contributed by atoms with Crippen molar-refractivity contribution in [2.45, 2.75) is 38.3 Å². The van der Waals surface area contributed by atoms with Gasteiger partial charge in [0.15, 0.2) is 0 Å². The molecule has 2 aromatic rings. The van der Waals surface area contributed by atoms with Crippen LogP contribution < -0.4 is 5.32 Å². The minimum Gasteiger partial charge on any atom is -0.465 e. The van der Waals surface area contributed by atoms with Crippen LogP contribution in [0.15, 0.2) is 34.7 Å². The summed E-state index contributed by atoms with van der Waals surface area (Å²) in [5, 5.41) is 3.50. The molecule has 0 saturated heterocycles. The number of carbonyl (C=O) groups is 2. The third-order valence-corrected chi connectivity index (χ3v) is 4.64. The van der Waals surface area contributed by atoms with Crippen LogP contribution in [0.25, 0.3) is 11.3 Å². The topological polar surface area (TPSA) is 77.8 Å². The molecule has 0 bridgehead atoms. The van der Waals surface area contributed by atoms with E-state index < -0.39 is 11.9 Å². The van der Waals surface area contributed by atoms with Crippen molar-refractivity contribution in [1.29, 1.82) is 0 Å². The fourth-order valence-corrected chi connectivity index (χ4v) is 3.24. The number of methoxy groups -OCH3 is 2. The lowest BCUT2D eigenvalue weighted by Gasteiger charge is -2.10. The Bertz CT molecular complexity index is 761. The van der Waals surface area contributed by atoms with Gasteiger partial charge in [-0.25, -0.2) is 9.59 Å². The van der Waals surface area contributed by atoms with E-state index >= 15 is 0 Å². The molecule has 0 unspecified atom stereocenters. The second kappa shape index (κ2) is 9.58. The van der Waals surface area contributed by atoms with Crippen LogP contribution in [0.2, 0.25) is 0 Å². The number of rotatable bonds is 6. The number of benzene rings is 1. The predicted molar refractivity (Wildman–Crippen MR) is 103 cm³/mol. The van der Waals surface area contributed by atoms with Crippen molar-refractivity contribution in [2.24, 2.45) is 0 Å². The molecule has 0 radical (unpaired) electrons. The number of esters is 2. The van der Waals surface area contributed by atoms with Crippen LogP contribution in [0.3, 0.4) is 0 Å². The van der Waals surface area contributed by atoms with Gasteiger partial charge in [0, 0.05) is 11.6 Å². The van der Waals surface area contributed by atoms with Crippen molar-refractivity contribution in [3.8, 4) is 11.3 Å². The van der Waals surface area contributed by atoms with Crippen molar-refractivity contribution in [3.05, 3.63) is 47.2 Å². The number of halogens is 1. The Hall–Kier alpha value is -2.31. The maximum atomic E-state index is 11.9. The molecule has 1 aliphatic carbocycles. The normalized spacial score (nSPS) is 13.9. The third-order valence-electron chi connectivity index (χ3n) is 4.64. The summed E-state index contributed by atoms with van der Waals surface area (Å²) in [6, 6.07) is 9.03. The number of ether oxygens (including phenoxy) is 2. The summed E-state index contributed by atoms with van der Waals surface area (Å²) in [4.78, 5) is 23.8. The Morgan fingerprint density at radius 3 is 2.19 bits per heavy atom. The SMILES string of the molecule is COC(=O)c1cc(C(=O)OC)cc(-c2ccc(CNC3CCCC3)o2)c1.Cl. The largest absolute Gasteiger partial charge is 0.465 e. The highest BCUT2D eigenvalue weighted by molar-refractivity contribution is 5.97. The maximum absolute atomic E-state index is 11.9. The van der Waals surface area contributed by atoms with Crippen molar-refractivity contribution < 1.29 is 23.5 Å². The van der Waals surface area contributed by atoms with E-state index in [9.17, 15) is 9.59 Å². The van der Waals surface area contributed by atoms with Crippen molar-refractivity contribution in [1.82, 2.24) is 5.32 Å². The molecule has 6 nitrogen and oxygen atoms in total. The molecule has 0 amide bonds. The van der Waals surface area contributed by atoms with E-state index in [4.69, 9.17) is 13.9 Å². The van der Waals surface area contributed by atoms with Gasteiger partial charge in [0.2, 0.25) is 0 Å². The lowest BCUT2D eigenvalue weighted by molar-refractivity contribution is 0.0599. The quantitative estimate of drug-likeness (QED) is 0.748. The highest BCUT2D eigenvalue weighted by atomic mass is 35.5. The zero-order valence-corrected chi connectivity index (χ0v) is 16.3. The molecule has 3 rings (SSSR count). The molecular weight excluding hydrogens is 370 g/mol. The fraction of sp³-hybridized carbons (Fsp3) is 0.400. The summed E-state index contributed by atoms with van der Waals surface area (Å²) in [6.07, 6.45) is 4.96. The molecule has 0 aliphatic heterocycles. The van der Waals surface area contributed by atoms with Crippen LogP contribution in [0.1, 0.15) is 52.2 Å². The second-order valence-electron chi connectivity index (χ2n) is 6.41. The number of carbonyl (C=O) groups excluding carboxylic acids is 2. The first kappa shape index (κ1) is 21.0. The summed E-state index contributed by atoms with van der Waals surface area (Å²) in [6.45, 7) is 0.658. The molecule has 1 saturated carbocycles. The molecule has 27 heavy (non-hydrogen) atoms. The van der Waals surface area contributed by atoms with E-state index in [1.54, 1.807) is 12.1 Å². The van der Waals surface area contributed by atoms with Gasteiger partial charge in [0.25, 0.3) is 0 Å². The Balaban J connectivity index is 0.00000261. The van der Waals surface area contributed by atoms with Gasteiger partial charge in [0.1, 0.15) is 11.5 Å². The van der Waals surface area contributed by atoms with E-state index in [0.717, 1.165) is 5.76 Å². The van der Waals surface area contributed by atoms with Gasteiger partial charge in [-0.3, -0.25) is 0 Å². The highest BCUT2D eigenvalue weighted by Crippen LogP contribution is 2.26. The molecule has 1 N–H and O–H groups in total. The van der Waals surface area contributed by atoms with Gasteiger partial charge in [-0.05, 0) is 43.2 Å². The van der Waals surface area contributed by atoms with Gasteiger partial charge in [-0.2, -0.15) is 0 Å². The third kappa shape index (κ3) is 5.11. The minimum absolute atomic E-state index is 0. The van der Waals surface area contributed by atoms with Crippen LogP contribution >= 0.6 is 12.4 Å². The Kier molecular flexibility index (Phi) is 7.45. The Morgan fingerprint density at radius 1 is 1.04 bits per heavy atom. The van der Waals surface area contributed by atoms with Crippen LogP contribution in [0.5, 0.6) is 0 Å². The van der Waals surface area contributed by atoms with Gasteiger partial charge in [0.05, 0.1) is 31.9 Å². The summed E-state index contributed by atoms with van der Waals surface area (Å²) < 4.78 is 15.4. The zero-order chi connectivity index (χ0) is 18.5. The molecular formula is C20H24ClNO5. The molecule has 1 heterocycles. The van der Waals surface area contributed by atoms with E-state index in [-0.39, 0.29) is 23.5 Å². The Morgan fingerprint density at radius 2 is 1.63 bits per heavy atom. The van der Waals surface area contributed by atoms with Crippen LogP contribution in [-0.4, -0.2) is 32.2 Å². The molecule has 0 spiro atoms. The summed E-state index contributed by atoms with van der Waals surface area (Å²) in [5.41, 5.74) is 1.17. The first-order chi connectivity index (χ1) is 12.6. The van der Waals surface area contributed by atoms with Gasteiger partial charge >= 0.3 is 11.9 Å². The summed E-state index contributed by atoms with van der Waals surface area (Å²) in [5.74, 6) is 0.359. The van der Waals surface area contributed by atoms with Crippen LogP contribution in [-0.2, 0) is 16.0 Å². The van der Waals surface area contributed by atoms with E-state index in [1.165, 1.54) is 46.0 Å². The first-order valence-corrected chi connectivity index (χ1v) is 8.75. The standard InChI is InChI=1S/C20H23NO5.ClH/c1-24-19(22)14-9-13(10-15(11-14)20(23)25-2)18-8-7-17(26-18)12-21-16-5-3-4-6-16;/h7-11,16,21H,3-6,12H2,1-2H3;1H. The monoisotopic (exact) mass is 393 g/mol. The molecule has 1 aromatic carbocycles. The number of furan rings is 1. The average molecular weight is 394 g/mol. The number of nitrogens with one attached hydrogen (secondary N) is 1. The second-order valence-corrected chi connectivity index (χ2v) is 6.41. The number of hydrogen-bond donors (Lipinski definition) is 1. The maximum Gasteiger partial charge on any atom is 0.337 e. The van der Waals surface area contributed by atoms with Gasteiger partial charge in [-0.15, -0.1) is 12.4 Å². The number of hydrogen-bond acceptors (Lipinski definition) is 6. The van der Waals surface area contributed by atoms with Crippen molar-refractivity contribution in [3.63, 3.8) is 0 Å².